The van der Waals surface area contributed by atoms with E-state index >= 15 is 0 Å². The third-order valence-electron chi connectivity index (χ3n) is 4.87. The largest absolute Gasteiger partial charge is 0.396 e. The van der Waals surface area contributed by atoms with Crippen molar-refractivity contribution < 1.29 is 9.90 Å². The number of aliphatic hydroxyl groups excluding tert-OH is 1. The first-order chi connectivity index (χ1) is 10.2. The number of nitrogens with one attached hydrogen (secondary N) is 2. The maximum atomic E-state index is 11.0. The first-order valence-electron chi connectivity index (χ1n) is 8.48. The number of aliphatic hydroxyl groups is 1. The van der Waals surface area contributed by atoms with Crippen LogP contribution >= 0.6 is 0 Å². The van der Waals surface area contributed by atoms with Crippen LogP contribution in [-0.4, -0.2) is 61.3 Å². The number of amides is 1. The molecule has 0 spiro atoms. The van der Waals surface area contributed by atoms with Crippen LogP contribution in [0.5, 0.6) is 0 Å². The van der Waals surface area contributed by atoms with Crippen LogP contribution in [-0.2, 0) is 4.79 Å². The number of carbonyl (C=O) groups excluding carboxylic acids is 1. The third kappa shape index (κ3) is 5.93. The Labute approximate surface area is 128 Å². The number of hydrogen-bond donors (Lipinski definition) is 3. The monoisotopic (exact) mass is 297 g/mol. The molecule has 1 aliphatic carbocycles. The zero-order valence-corrected chi connectivity index (χ0v) is 13.3. The highest BCUT2D eigenvalue weighted by Crippen LogP contribution is 2.26. The summed E-state index contributed by atoms with van der Waals surface area (Å²) >= 11 is 0. The van der Waals surface area contributed by atoms with E-state index in [1.807, 2.05) is 0 Å². The van der Waals surface area contributed by atoms with Crippen molar-refractivity contribution in [3.63, 3.8) is 0 Å². The topological polar surface area (TPSA) is 64.6 Å². The van der Waals surface area contributed by atoms with Crippen LogP contribution in [0.1, 0.15) is 39.0 Å². The van der Waals surface area contributed by atoms with E-state index in [0.717, 1.165) is 45.1 Å². The molecule has 5 heteroatoms. The Morgan fingerprint density at radius 2 is 2.10 bits per heavy atom. The van der Waals surface area contributed by atoms with Gasteiger partial charge in [0.15, 0.2) is 0 Å². The first-order valence-corrected chi connectivity index (χ1v) is 8.48. The fraction of sp³-hybridized carbons (Fsp3) is 0.938. The summed E-state index contributed by atoms with van der Waals surface area (Å²) in [6.45, 7) is 6.72. The molecular weight excluding hydrogens is 266 g/mol. The van der Waals surface area contributed by atoms with E-state index < -0.39 is 0 Å². The number of hydrogen-bond acceptors (Lipinski definition) is 4. The Morgan fingerprint density at radius 3 is 2.71 bits per heavy atom. The van der Waals surface area contributed by atoms with Gasteiger partial charge in [-0.1, -0.05) is 6.42 Å². The molecule has 3 N–H and O–H groups in total. The van der Waals surface area contributed by atoms with Crippen LogP contribution in [0.3, 0.4) is 0 Å². The minimum absolute atomic E-state index is 0.0403. The van der Waals surface area contributed by atoms with Gasteiger partial charge >= 0.3 is 0 Å². The van der Waals surface area contributed by atoms with Gasteiger partial charge in [-0.05, 0) is 44.1 Å². The van der Waals surface area contributed by atoms with Crippen molar-refractivity contribution in [1.82, 2.24) is 15.5 Å². The molecule has 0 aromatic rings. The standard InChI is InChI=1S/C16H31N3O2/c1-13(21)17-6-7-19-11-15(5-8-20)9-16(12-19)18-10-14-3-2-4-14/h14-16,18,20H,2-12H2,1H3,(H,17,21). The van der Waals surface area contributed by atoms with E-state index in [0.29, 0.717) is 12.0 Å². The van der Waals surface area contributed by atoms with Gasteiger partial charge in [-0.25, -0.2) is 0 Å². The summed E-state index contributed by atoms with van der Waals surface area (Å²) in [5.41, 5.74) is 0. The van der Waals surface area contributed by atoms with Crippen LogP contribution in [0.2, 0.25) is 0 Å². The second-order valence-corrected chi connectivity index (χ2v) is 6.76. The van der Waals surface area contributed by atoms with E-state index in [-0.39, 0.29) is 12.5 Å². The zero-order chi connectivity index (χ0) is 15.1. The summed E-state index contributed by atoms with van der Waals surface area (Å²) in [7, 11) is 0. The van der Waals surface area contributed by atoms with Crippen LogP contribution in [0.25, 0.3) is 0 Å². The van der Waals surface area contributed by atoms with Crippen LogP contribution in [0, 0.1) is 11.8 Å². The molecule has 0 radical (unpaired) electrons. The normalized spacial score (nSPS) is 27.3. The lowest BCUT2D eigenvalue weighted by Gasteiger charge is -2.39. The smallest absolute Gasteiger partial charge is 0.216 e. The second-order valence-electron chi connectivity index (χ2n) is 6.76. The summed E-state index contributed by atoms with van der Waals surface area (Å²) in [5.74, 6) is 1.49. The van der Waals surface area contributed by atoms with Gasteiger partial charge in [0, 0.05) is 45.8 Å². The molecule has 2 atom stereocenters. The van der Waals surface area contributed by atoms with Crippen molar-refractivity contribution in [3.8, 4) is 0 Å². The van der Waals surface area contributed by atoms with Crippen LogP contribution in [0.15, 0.2) is 0 Å². The van der Waals surface area contributed by atoms with E-state index in [4.69, 9.17) is 0 Å². The number of carbonyl (C=O) groups is 1. The van der Waals surface area contributed by atoms with Crippen molar-refractivity contribution >= 4 is 5.91 Å². The van der Waals surface area contributed by atoms with Crippen LogP contribution in [0.4, 0.5) is 0 Å². The molecule has 2 fully saturated rings. The highest BCUT2D eigenvalue weighted by molar-refractivity contribution is 5.72. The van der Waals surface area contributed by atoms with E-state index in [1.165, 1.54) is 25.7 Å². The van der Waals surface area contributed by atoms with Gasteiger partial charge in [0.05, 0.1) is 0 Å². The average molecular weight is 297 g/mol. The van der Waals surface area contributed by atoms with Crippen molar-refractivity contribution in [2.45, 2.75) is 45.1 Å². The molecule has 5 nitrogen and oxygen atoms in total. The van der Waals surface area contributed by atoms with Crippen molar-refractivity contribution in [2.24, 2.45) is 11.8 Å². The summed E-state index contributed by atoms with van der Waals surface area (Å²) < 4.78 is 0. The van der Waals surface area contributed by atoms with Crippen molar-refractivity contribution in [3.05, 3.63) is 0 Å². The van der Waals surface area contributed by atoms with E-state index in [2.05, 4.69) is 15.5 Å². The summed E-state index contributed by atoms with van der Waals surface area (Å²) in [4.78, 5) is 13.4. The Hall–Kier alpha value is -0.650. The molecule has 0 bridgehead atoms. The maximum absolute atomic E-state index is 11.0. The lowest BCUT2D eigenvalue weighted by Crippen LogP contribution is -2.52. The number of likely N-dealkylation sites (tertiary alicyclic amines) is 1. The van der Waals surface area contributed by atoms with Gasteiger partial charge < -0.3 is 15.7 Å². The highest BCUT2D eigenvalue weighted by atomic mass is 16.3. The molecular formula is C16H31N3O2. The highest BCUT2D eigenvalue weighted by Gasteiger charge is 2.27. The fourth-order valence-corrected chi connectivity index (χ4v) is 3.45. The van der Waals surface area contributed by atoms with Crippen LogP contribution < -0.4 is 10.6 Å². The number of piperidine rings is 1. The Bertz CT molecular complexity index is 321. The molecule has 0 aromatic carbocycles. The molecule has 2 aliphatic rings. The predicted molar refractivity (Wildman–Crippen MR) is 84.1 cm³/mol. The Morgan fingerprint density at radius 1 is 1.29 bits per heavy atom. The lowest BCUT2D eigenvalue weighted by atomic mass is 9.84. The third-order valence-corrected chi connectivity index (χ3v) is 4.87. The minimum atomic E-state index is 0.0403. The minimum Gasteiger partial charge on any atom is -0.396 e. The zero-order valence-electron chi connectivity index (χ0n) is 13.3. The van der Waals surface area contributed by atoms with Crippen molar-refractivity contribution in [2.75, 3.05) is 39.3 Å². The van der Waals surface area contributed by atoms with E-state index in [1.54, 1.807) is 6.92 Å². The van der Waals surface area contributed by atoms with Gasteiger partial charge in [0.25, 0.3) is 0 Å². The summed E-state index contributed by atoms with van der Waals surface area (Å²) in [5, 5.41) is 15.8. The molecule has 0 aromatic heterocycles. The molecule has 122 valence electrons. The van der Waals surface area contributed by atoms with Crippen molar-refractivity contribution in [1.29, 1.82) is 0 Å². The molecule has 1 amide bonds. The quantitative estimate of drug-likeness (QED) is 0.613. The predicted octanol–water partition coefficient (Wildman–Crippen LogP) is 0.585. The van der Waals surface area contributed by atoms with Gasteiger partial charge in [0.1, 0.15) is 0 Å². The second kappa shape index (κ2) is 8.71. The maximum Gasteiger partial charge on any atom is 0.216 e. The number of rotatable bonds is 8. The SMILES string of the molecule is CC(=O)NCCN1CC(CCO)CC(NCC2CCC2)C1. The lowest BCUT2D eigenvalue weighted by molar-refractivity contribution is -0.119. The summed E-state index contributed by atoms with van der Waals surface area (Å²) in [6, 6.07) is 0.535. The van der Waals surface area contributed by atoms with Gasteiger partial charge in [-0.15, -0.1) is 0 Å². The molecule has 1 aliphatic heterocycles. The molecule has 21 heavy (non-hydrogen) atoms. The Kier molecular flexibility index (Phi) is 6.93. The van der Waals surface area contributed by atoms with Gasteiger partial charge in [0.2, 0.25) is 5.91 Å². The van der Waals surface area contributed by atoms with E-state index in [9.17, 15) is 9.90 Å². The first kappa shape index (κ1) is 16.7. The number of nitrogens with zero attached hydrogens (tertiary/aromatic N) is 1. The molecule has 2 rings (SSSR count). The average Bonchev–Trinajstić information content (AvgIpc) is 2.36. The van der Waals surface area contributed by atoms with Gasteiger partial charge in [-0.3, -0.25) is 9.69 Å². The molecule has 1 saturated carbocycles. The van der Waals surface area contributed by atoms with Gasteiger partial charge in [-0.2, -0.15) is 0 Å². The molecule has 1 heterocycles. The Balaban J connectivity index is 1.74. The fourth-order valence-electron chi connectivity index (χ4n) is 3.45. The molecule has 2 unspecified atom stereocenters. The molecule has 1 saturated heterocycles. The summed E-state index contributed by atoms with van der Waals surface area (Å²) in [6.07, 6.45) is 6.22.